The van der Waals surface area contributed by atoms with Crippen molar-refractivity contribution in [2.45, 2.75) is 19.9 Å². The lowest BCUT2D eigenvalue weighted by Crippen LogP contribution is -2.01. The predicted octanol–water partition coefficient (Wildman–Crippen LogP) is 5.76. The first-order valence-electron chi connectivity index (χ1n) is 10.7. The second-order valence-electron chi connectivity index (χ2n) is 8.35. The summed E-state index contributed by atoms with van der Waals surface area (Å²) in [5.41, 5.74) is 7.65. The molecule has 0 aromatic carbocycles. The molecule has 2 aliphatic rings. The van der Waals surface area contributed by atoms with E-state index in [0.717, 1.165) is 59.3 Å². The number of hydrogen-bond donors (Lipinski definition) is 2. The first-order valence-corrected chi connectivity index (χ1v) is 11.5. The summed E-state index contributed by atoms with van der Waals surface area (Å²) in [6.07, 6.45) is 7.39. The third-order valence-electron chi connectivity index (χ3n) is 5.94. The Kier molecular flexibility index (Phi) is 3.74. The fraction of sp³-hybridized carbons (Fsp3) is 0.125. The summed E-state index contributed by atoms with van der Waals surface area (Å²) in [7, 11) is 0. The highest BCUT2D eigenvalue weighted by atomic mass is 32.1. The smallest absolute Gasteiger partial charge is 0.179 e. The summed E-state index contributed by atoms with van der Waals surface area (Å²) < 4.78 is 3.35. The van der Waals surface area contributed by atoms with Gasteiger partial charge in [-0.25, -0.2) is 9.97 Å². The van der Waals surface area contributed by atoms with Gasteiger partial charge in [-0.1, -0.05) is 0 Å². The Morgan fingerprint density at radius 1 is 0.909 bits per heavy atom. The Hall–Kier alpha value is -4.11. The molecule has 0 spiro atoms. The lowest BCUT2D eigenvalue weighted by atomic mass is 10.1. The van der Waals surface area contributed by atoms with Crippen molar-refractivity contribution in [3.05, 3.63) is 55.1 Å². The quantitative estimate of drug-likeness (QED) is 0.331. The van der Waals surface area contributed by atoms with E-state index in [1.807, 2.05) is 24.7 Å². The molecule has 160 valence electrons. The van der Waals surface area contributed by atoms with Crippen molar-refractivity contribution in [3.8, 4) is 11.3 Å². The molecule has 0 unspecified atom stereocenters. The van der Waals surface area contributed by atoms with Crippen molar-refractivity contribution in [3.63, 3.8) is 0 Å². The average Bonchev–Trinajstić information content (AvgIpc) is 3.55. The number of pyridine rings is 3. The highest BCUT2D eigenvalue weighted by Gasteiger charge is 2.15. The third-order valence-corrected chi connectivity index (χ3v) is 7.03. The normalized spacial score (nSPS) is 12.2. The van der Waals surface area contributed by atoms with Crippen LogP contribution in [0.2, 0.25) is 0 Å². The number of nitrogens with one attached hydrogen (secondary N) is 2. The number of nitrogens with zero attached hydrogens (tertiary/aromatic N) is 6. The SMILES string of the molecule is CC(C)n1c2cncc(c2)c2cc3c(cn2)[nH][nH]c-3c2nc3ccnc(c4ccc1s4)c3n2. The van der Waals surface area contributed by atoms with Crippen molar-refractivity contribution >= 4 is 65.0 Å². The van der Waals surface area contributed by atoms with E-state index in [1.165, 1.54) is 0 Å². The predicted molar refractivity (Wildman–Crippen MR) is 132 cm³/mol. The topological polar surface area (TPSA) is 101 Å². The van der Waals surface area contributed by atoms with E-state index in [4.69, 9.17) is 9.97 Å². The lowest BCUT2D eigenvalue weighted by Gasteiger charge is -2.12. The van der Waals surface area contributed by atoms with Crippen molar-refractivity contribution in [1.82, 2.24) is 39.7 Å². The Bertz CT molecular complexity index is 1870. The van der Waals surface area contributed by atoms with E-state index >= 15 is 0 Å². The van der Waals surface area contributed by atoms with Crippen molar-refractivity contribution in [1.29, 1.82) is 0 Å². The molecule has 2 aliphatic heterocycles. The zero-order chi connectivity index (χ0) is 22.1. The van der Waals surface area contributed by atoms with Gasteiger partial charge in [0.15, 0.2) is 5.65 Å². The summed E-state index contributed by atoms with van der Waals surface area (Å²) in [4.78, 5) is 24.8. The number of fused-ring (bicyclic) bond motifs is 9. The summed E-state index contributed by atoms with van der Waals surface area (Å²) in [6.45, 7) is 4.36. The standard InChI is InChI=1S/C24H18N8S/c1-12(2)32-14-7-13(9-25-10-14)17-8-15-18(11-27-17)30-31-21(15)24-28-16-5-6-26-23(22(16)29-24)19-3-4-20(32)33-19/h3-12,30-31H,1-2H3. The summed E-state index contributed by atoms with van der Waals surface area (Å²) in [5, 5.41) is 7.38. The van der Waals surface area contributed by atoms with Gasteiger partial charge >= 0.3 is 0 Å². The van der Waals surface area contributed by atoms with Gasteiger partial charge in [-0.3, -0.25) is 25.1 Å². The maximum atomic E-state index is 4.90. The third kappa shape index (κ3) is 2.72. The van der Waals surface area contributed by atoms with E-state index in [1.54, 1.807) is 17.5 Å². The van der Waals surface area contributed by atoms with Gasteiger partial charge in [0.25, 0.3) is 0 Å². The molecule has 33 heavy (non-hydrogen) atoms. The first kappa shape index (κ1) is 18.5. The van der Waals surface area contributed by atoms with Crippen LogP contribution in [-0.4, -0.2) is 39.7 Å². The molecule has 5 aromatic rings. The molecule has 0 fully saturated rings. The van der Waals surface area contributed by atoms with Crippen LogP contribution in [0.5, 0.6) is 0 Å². The maximum Gasteiger partial charge on any atom is 0.179 e. The molecule has 8 bridgehead atoms. The van der Waals surface area contributed by atoms with Gasteiger partial charge in [0.2, 0.25) is 0 Å². The lowest BCUT2D eigenvalue weighted by molar-refractivity contribution is 0.640. The zero-order valence-corrected chi connectivity index (χ0v) is 18.7. The number of rotatable bonds is 1. The fourth-order valence-electron chi connectivity index (χ4n) is 4.44. The zero-order valence-electron chi connectivity index (χ0n) is 17.9. The maximum absolute atomic E-state index is 4.90. The molecule has 7 heterocycles. The molecule has 0 amide bonds. The van der Waals surface area contributed by atoms with Crippen LogP contribution < -0.4 is 0 Å². The highest BCUT2D eigenvalue weighted by molar-refractivity contribution is 7.23. The Balaban J connectivity index is 1.76. The van der Waals surface area contributed by atoms with Crippen LogP contribution in [0.15, 0.2) is 55.1 Å². The molecular formula is C24H18N8S. The molecule has 8 nitrogen and oxygen atoms in total. The Labute approximate surface area is 191 Å². The van der Waals surface area contributed by atoms with Gasteiger partial charge in [-0.2, -0.15) is 0 Å². The van der Waals surface area contributed by atoms with E-state index < -0.39 is 0 Å². The summed E-state index contributed by atoms with van der Waals surface area (Å²) >= 11 is 1.69. The Morgan fingerprint density at radius 3 is 2.76 bits per heavy atom. The van der Waals surface area contributed by atoms with E-state index in [9.17, 15) is 0 Å². The summed E-state index contributed by atoms with van der Waals surface area (Å²) in [5.74, 6) is 0. The number of thiophene rings is 1. The van der Waals surface area contributed by atoms with Crippen LogP contribution in [-0.2, 0) is 0 Å². The van der Waals surface area contributed by atoms with Crippen LogP contribution >= 0.6 is 11.3 Å². The second kappa shape index (κ2) is 6.69. The van der Waals surface area contributed by atoms with E-state index in [-0.39, 0.29) is 6.04 Å². The van der Waals surface area contributed by atoms with Crippen LogP contribution in [0.4, 0.5) is 0 Å². The van der Waals surface area contributed by atoms with Crippen LogP contribution in [0.1, 0.15) is 19.9 Å². The van der Waals surface area contributed by atoms with Gasteiger partial charge in [0.05, 0.1) is 44.0 Å². The Morgan fingerprint density at radius 2 is 1.85 bits per heavy atom. The largest absolute Gasteiger partial charge is 0.329 e. The molecule has 5 aromatic heterocycles. The number of imidazole rings is 1. The molecular weight excluding hydrogens is 432 g/mol. The van der Waals surface area contributed by atoms with Crippen LogP contribution in [0.3, 0.4) is 0 Å². The van der Waals surface area contributed by atoms with Crippen molar-refractivity contribution in [2.24, 2.45) is 0 Å². The first-order chi connectivity index (χ1) is 16.2. The number of aromatic amines is 2. The monoisotopic (exact) mass is 450 g/mol. The molecule has 0 aliphatic carbocycles. The van der Waals surface area contributed by atoms with Gasteiger partial charge in [0.1, 0.15) is 16.7 Å². The van der Waals surface area contributed by atoms with Gasteiger partial charge in [-0.15, -0.1) is 11.3 Å². The molecule has 9 heteroatoms. The molecule has 0 radical (unpaired) electrons. The molecule has 0 saturated carbocycles. The van der Waals surface area contributed by atoms with E-state index in [0.29, 0.717) is 5.65 Å². The van der Waals surface area contributed by atoms with Crippen LogP contribution in [0.25, 0.3) is 64.9 Å². The second-order valence-corrected chi connectivity index (χ2v) is 9.41. The summed E-state index contributed by atoms with van der Waals surface area (Å²) in [6, 6.07) is 10.6. The van der Waals surface area contributed by atoms with Gasteiger partial charge < -0.3 is 4.57 Å². The number of H-pyrrole nitrogens is 2. The minimum absolute atomic E-state index is 0.236. The molecule has 0 atom stereocenters. The minimum atomic E-state index is 0.236. The van der Waals surface area contributed by atoms with Gasteiger partial charge in [0, 0.05) is 29.4 Å². The van der Waals surface area contributed by atoms with E-state index in [2.05, 4.69) is 67.8 Å². The fourth-order valence-corrected chi connectivity index (χ4v) is 5.60. The molecule has 2 N–H and O–H groups in total. The minimum Gasteiger partial charge on any atom is -0.329 e. The van der Waals surface area contributed by atoms with Crippen molar-refractivity contribution in [2.75, 3.05) is 0 Å². The average molecular weight is 451 g/mol. The number of hydrogen-bond acceptors (Lipinski definition) is 6. The number of aromatic nitrogens is 8. The van der Waals surface area contributed by atoms with Crippen LogP contribution in [0, 0.1) is 0 Å². The molecule has 7 rings (SSSR count). The van der Waals surface area contributed by atoms with Crippen molar-refractivity contribution < 1.29 is 0 Å². The molecule has 0 saturated heterocycles. The highest BCUT2D eigenvalue weighted by Crippen LogP contribution is 2.32. The van der Waals surface area contributed by atoms with Gasteiger partial charge in [-0.05, 0) is 44.2 Å².